The highest BCUT2D eigenvalue weighted by atomic mass is 16.2. The molecule has 1 saturated heterocycles. The van der Waals surface area contributed by atoms with E-state index in [1.807, 2.05) is 6.07 Å². The summed E-state index contributed by atoms with van der Waals surface area (Å²) in [4.78, 5) is 12.8. The van der Waals surface area contributed by atoms with Crippen LogP contribution in [0.1, 0.15) is 6.42 Å². The molecule has 0 saturated carbocycles. The molecule has 2 N–H and O–H groups in total. The molecule has 11 heavy (non-hydrogen) atoms. The summed E-state index contributed by atoms with van der Waals surface area (Å²) in [5.41, 5.74) is 0. The fourth-order valence-electron chi connectivity index (χ4n) is 1.18. The van der Waals surface area contributed by atoms with Crippen LogP contribution >= 0.6 is 0 Å². The lowest BCUT2D eigenvalue weighted by atomic mass is 10.3. The third-order valence-electron chi connectivity index (χ3n) is 1.79. The highest BCUT2D eigenvalue weighted by molar-refractivity contribution is 5.78. The minimum Gasteiger partial charge on any atom is -0.343 e. The second kappa shape index (κ2) is 3.94. The standard InChI is InChI=1S/C7H11N3O/c8-2-1-7(11)10-5-3-9-4-6-10/h9H,1,3-6H2/p+1. The van der Waals surface area contributed by atoms with Crippen LogP contribution in [0, 0.1) is 11.3 Å². The number of nitriles is 1. The Hall–Kier alpha value is -1.08. The maximum absolute atomic E-state index is 11.1. The van der Waals surface area contributed by atoms with E-state index in [4.69, 9.17) is 5.26 Å². The molecule has 1 amide bonds. The van der Waals surface area contributed by atoms with Crippen LogP contribution in [0.3, 0.4) is 0 Å². The summed E-state index contributed by atoms with van der Waals surface area (Å²) >= 11 is 0. The number of piperazine rings is 1. The molecule has 0 aromatic rings. The van der Waals surface area contributed by atoms with Gasteiger partial charge in [0.2, 0.25) is 5.91 Å². The zero-order valence-electron chi connectivity index (χ0n) is 6.42. The largest absolute Gasteiger partial charge is 0.343 e. The summed E-state index contributed by atoms with van der Waals surface area (Å²) in [6, 6.07) is 1.86. The smallest absolute Gasteiger partial charge is 0.237 e. The van der Waals surface area contributed by atoms with Gasteiger partial charge in [-0.05, 0) is 0 Å². The minimum atomic E-state index is -0.0272. The van der Waals surface area contributed by atoms with Crippen molar-refractivity contribution in [1.82, 2.24) is 4.90 Å². The van der Waals surface area contributed by atoms with Gasteiger partial charge in [-0.3, -0.25) is 4.79 Å². The molecule has 1 rings (SSSR count). The van der Waals surface area contributed by atoms with E-state index in [0.29, 0.717) is 0 Å². The fraction of sp³-hybridized carbons (Fsp3) is 0.714. The number of hydrogen-bond acceptors (Lipinski definition) is 2. The van der Waals surface area contributed by atoms with Crippen molar-refractivity contribution in [1.29, 1.82) is 5.26 Å². The molecule has 60 valence electrons. The van der Waals surface area contributed by atoms with Crippen molar-refractivity contribution in [3.63, 3.8) is 0 Å². The molecule has 0 aliphatic carbocycles. The van der Waals surface area contributed by atoms with Gasteiger partial charge in [-0.15, -0.1) is 0 Å². The van der Waals surface area contributed by atoms with Crippen LogP contribution in [0.2, 0.25) is 0 Å². The van der Waals surface area contributed by atoms with Crippen molar-refractivity contribution in [3.05, 3.63) is 0 Å². The van der Waals surface area contributed by atoms with E-state index in [0.717, 1.165) is 26.2 Å². The van der Waals surface area contributed by atoms with E-state index in [1.54, 1.807) is 4.90 Å². The normalized spacial score (nSPS) is 17.5. The summed E-state index contributed by atoms with van der Waals surface area (Å²) in [7, 11) is 0. The maximum atomic E-state index is 11.1. The van der Waals surface area contributed by atoms with Gasteiger partial charge in [-0.1, -0.05) is 0 Å². The Balaban J connectivity index is 2.34. The maximum Gasteiger partial charge on any atom is 0.237 e. The van der Waals surface area contributed by atoms with Crippen LogP contribution in [0.4, 0.5) is 0 Å². The van der Waals surface area contributed by atoms with Gasteiger partial charge >= 0.3 is 0 Å². The predicted molar refractivity (Wildman–Crippen MR) is 38.5 cm³/mol. The van der Waals surface area contributed by atoms with Crippen molar-refractivity contribution in [2.24, 2.45) is 0 Å². The second-order valence-electron chi connectivity index (χ2n) is 2.58. The SMILES string of the molecule is N#CCC(=O)N1CC[NH2+]CC1. The number of quaternary nitrogens is 1. The average molecular weight is 154 g/mol. The minimum absolute atomic E-state index is 0.0272. The summed E-state index contributed by atoms with van der Waals surface area (Å²) < 4.78 is 0. The van der Waals surface area contributed by atoms with Crippen LogP contribution in [0.15, 0.2) is 0 Å². The third-order valence-corrected chi connectivity index (χ3v) is 1.79. The van der Waals surface area contributed by atoms with E-state index in [1.165, 1.54) is 0 Å². The van der Waals surface area contributed by atoms with Gasteiger partial charge in [0, 0.05) is 0 Å². The first-order valence-electron chi connectivity index (χ1n) is 3.81. The van der Waals surface area contributed by atoms with E-state index in [9.17, 15) is 4.79 Å². The van der Waals surface area contributed by atoms with Crippen LogP contribution in [0.25, 0.3) is 0 Å². The van der Waals surface area contributed by atoms with Gasteiger partial charge in [-0.2, -0.15) is 5.26 Å². The van der Waals surface area contributed by atoms with Gasteiger partial charge in [0.05, 0.1) is 32.2 Å². The summed E-state index contributed by atoms with van der Waals surface area (Å²) in [6.07, 6.45) is 0.0278. The molecule has 0 spiro atoms. The van der Waals surface area contributed by atoms with Crippen LogP contribution in [-0.2, 0) is 4.79 Å². The Morgan fingerprint density at radius 2 is 2.18 bits per heavy atom. The Morgan fingerprint density at radius 1 is 1.55 bits per heavy atom. The number of hydrogen-bond donors (Lipinski definition) is 1. The Labute approximate surface area is 65.8 Å². The first-order chi connectivity index (χ1) is 5.34. The predicted octanol–water partition coefficient (Wildman–Crippen LogP) is -1.69. The van der Waals surface area contributed by atoms with Crippen LogP contribution in [-0.4, -0.2) is 37.0 Å². The molecule has 0 atom stereocenters. The summed E-state index contributed by atoms with van der Waals surface area (Å²) in [5, 5.41) is 10.4. The number of nitrogens with zero attached hydrogens (tertiary/aromatic N) is 2. The lowest BCUT2D eigenvalue weighted by Gasteiger charge is -2.24. The van der Waals surface area contributed by atoms with Crippen molar-refractivity contribution < 1.29 is 10.1 Å². The van der Waals surface area contributed by atoms with E-state index in [-0.39, 0.29) is 12.3 Å². The first kappa shape index (κ1) is 8.02. The molecular weight excluding hydrogens is 142 g/mol. The van der Waals surface area contributed by atoms with Crippen LogP contribution in [0.5, 0.6) is 0 Å². The zero-order chi connectivity index (χ0) is 8.10. The molecule has 0 aromatic carbocycles. The van der Waals surface area contributed by atoms with Gasteiger partial charge < -0.3 is 10.2 Å². The molecular formula is C7H12N3O+. The fourth-order valence-corrected chi connectivity index (χ4v) is 1.18. The van der Waals surface area contributed by atoms with E-state index >= 15 is 0 Å². The van der Waals surface area contributed by atoms with Crippen molar-refractivity contribution in [3.8, 4) is 6.07 Å². The van der Waals surface area contributed by atoms with Crippen molar-refractivity contribution in [2.45, 2.75) is 6.42 Å². The molecule has 1 aliphatic rings. The summed E-state index contributed by atoms with van der Waals surface area (Å²) in [6.45, 7) is 3.52. The van der Waals surface area contributed by atoms with E-state index < -0.39 is 0 Å². The van der Waals surface area contributed by atoms with E-state index in [2.05, 4.69) is 5.32 Å². The lowest BCUT2D eigenvalue weighted by Crippen LogP contribution is -2.89. The Morgan fingerprint density at radius 3 is 2.73 bits per heavy atom. The number of carbonyl (C=O) groups is 1. The van der Waals surface area contributed by atoms with Crippen molar-refractivity contribution >= 4 is 5.91 Å². The molecule has 0 radical (unpaired) electrons. The number of nitrogens with two attached hydrogens (primary N) is 1. The highest BCUT2D eigenvalue weighted by Gasteiger charge is 2.16. The van der Waals surface area contributed by atoms with Gasteiger partial charge in [0.1, 0.15) is 6.42 Å². The molecule has 1 aliphatic heterocycles. The molecule has 1 heterocycles. The Kier molecular flexibility index (Phi) is 2.87. The second-order valence-corrected chi connectivity index (χ2v) is 2.58. The number of amides is 1. The van der Waals surface area contributed by atoms with Gasteiger partial charge in [-0.25, -0.2) is 0 Å². The number of carbonyl (C=O) groups excluding carboxylic acids is 1. The third kappa shape index (κ3) is 2.20. The average Bonchev–Trinajstić information content (AvgIpc) is 2.07. The Bertz CT molecular complexity index is 179. The van der Waals surface area contributed by atoms with Crippen LogP contribution < -0.4 is 5.32 Å². The summed E-state index contributed by atoms with van der Waals surface area (Å²) in [5.74, 6) is -0.0272. The highest BCUT2D eigenvalue weighted by Crippen LogP contribution is 1.92. The first-order valence-corrected chi connectivity index (χ1v) is 3.81. The zero-order valence-corrected chi connectivity index (χ0v) is 6.42. The van der Waals surface area contributed by atoms with Gasteiger partial charge in [0.15, 0.2) is 0 Å². The molecule has 1 fully saturated rings. The topological polar surface area (TPSA) is 60.7 Å². The van der Waals surface area contributed by atoms with Gasteiger partial charge in [0.25, 0.3) is 0 Å². The monoisotopic (exact) mass is 154 g/mol. The quantitative estimate of drug-likeness (QED) is 0.489. The molecule has 0 aromatic heterocycles. The molecule has 4 nitrogen and oxygen atoms in total. The lowest BCUT2D eigenvalue weighted by molar-refractivity contribution is -0.662. The number of rotatable bonds is 1. The molecule has 0 unspecified atom stereocenters. The molecule has 4 heteroatoms. The van der Waals surface area contributed by atoms with Crippen molar-refractivity contribution in [2.75, 3.05) is 26.2 Å². The molecule has 0 bridgehead atoms.